The lowest BCUT2D eigenvalue weighted by Crippen LogP contribution is -2.28. The second kappa shape index (κ2) is 6.05. The molecule has 0 aliphatic rings. The van der Waals surface area contributed by atoms with E-state index in [2.05, 4.69) is 0 Å². The van der Waals surface area contributed by atoms with E-state index in [1.807, 2.05) is 6.92 Å². The Morgan fingerprint density at radius 3 is 2.93 bits per heavy atom. The number of benzene rings is 1. The largest absolute Gasteiger partial charge is 0.380 e. The van der Waals surface area contributed by atoms with Crippen molar-refractivity contribution in [3.63, 3.8) is 0 Å². The van der Waals surface area contributed by atoms with Crippen LogP contribution in [-0.4, -0.2) is 19.3 Å². The molecule has 0 aliphatic heterocycles. The lowest BCUT2D eigenvalue weighted by molar-refractivity contribution is 0.133. The summed E-state index contributed by atoms with van der Waals surface area (Å²) in [5.41, 5.74) is 6.53. The monoisotopic (exact) mass is 231 g/mol. The molecule has 2 N–H and O–H groups in total. The Kier molecular flexibility index (Phi) is 5.02. The van der Waals surface area contributed by atoms with Crippen molar-refractivity contribution < 1.29 is 9.13 Å². The van der Waals surface area contributed by atoms with E-state index in [1.54, 1.807) is 6.07 Å². The van der Waals surface area contributed by atoms with Crippen molar-refractivity contribution in [3.05, 3.63) is 34.6 Å². The lowest BCUT2D eigenvalue weighted by atomic mass is 10.1. The molecule has 0 aliphatic carbocycles. The van der Waals surface area contributed by atoms with Crippen LogP contribution in [0.1, 0.15) is 12.5 Å². The minimum Gasteiger partial charge on any atom is -0.380 e. The first-order chi connectivity index (χ1) is 7.13. The van der Waals surface area contributed by atoms with Gasteiger partial charge in [-0.15, -0.1) is 0 Å². The van der Waals surface area contributed by atoms with Crippen molar-refractivity contribution in [1.82, 2.24) is 0 Å². The minimum absolute atomic E-state index is 0.149. The Morgan fingerprint density at radius 1 is 1.53 bits per heavy atom. The second-order valence-corrected chi connectivity index (χ2v) is 3.77. The summed E-state index contributed by atoms with van der Waals surface area (Å²) in [6.45, 7) is 3.00. The standard InChI is InChI=1S/C11H15ClFNO/c1-2-15-7-10(14)6-8-5-9(13)3-4-11(8)12/h3-5,10H,2,6-7,14H2,1H3. The van der Waals surface area contributed by atoms with Crippen LogP contribution in [0.4, 0.5) is 4.39 Å². The Labute approximate surface area is 94.2 Å². The molecule has 0 bridgehead atoms. The minimum atomic E-state index is -0.294. The average molecular weight is 232 g/mol. The molecule has 1 aromatic carbocycles. The average Bonchev–Trinajstić information content (AvgIpc) is 2.20. The molecule has 0 aromatic heterocycles. The number of hydrogen-bond donors (Lipinski definition) is 1. The number of rotatable bonds is 5. The molecule has 0 amide bonds. The fourth-order valence-electron chi connectivity index (χ4n) is 1.31. The first-order valence-corrected chi connectivity index (χ1v) is 5.28. The summed E-state index contributed by atoms with van der Waals surface area (Å²) >= 11 is 5.91. The number of ether oxygens (including phenoxy) is 1. The Hall–Kier alpha value is -0.640. The fraction of sp³-hybridized carbons (Fsp3) is 0.455. The van der Waals surface area contributed by atoms with E-state index in [9.17, 15) is 4.39 Å². The quantitative estimate of drug-likeness (QED) is 0.845. The summed E-state index contributed by atoms with van der Waals surface area (Å²) in [4.78, 5) is 0. The van der Waals surface area contributed by atoms with Crippen LogP contribution in [0, 0.1) is 5.82 Å². The van der Waals surface area contributed by atoms with Gasteiger partial charge in [-0.3, -0.25) is 0 Å². The van der Waals surface area contributed by atoms with Gasteiger partial charge in [0.05, 0.1) is 6.61 Å². The molecule has 0 spiro atoms. The van der Waals surface area contributed by atoms with Gasteiger partial charge in [0.1, 0.15) is 5.82 Å². The Bertz CT molecular complexity index is 319. The van der Waals surface area contributed by atoms with Crippen LogP contribution in [0.5, 0.6) is 0 Å². The smallest absolute Gasteiger partial charge is 0.123 e. The van der Waals surface area contributed by atoms with Crippen molar-refractivity contribution in [1.29, 1.82) is 0 Å². The highest BCUT2D eigenvalue weighted by molar-refractivity contribution is 6.31. The molecular weight excluding hydrogens is 217 g/mol. The zero-order valence-corrected chi connectivity index (χ0v) is 9.43. The van der Waals surface area contributed by atoms with Crippen molar-refractivity contribution in [2.24, 2.45) is 5.73 Å². The van der Waals surface area contributed by atoms with E-state index in [0.717, 1.165) is 5.56 Å². The lowest BCUT2D eigenvalue weighted by Gasteiger charge is -2.12. The van der Waals surface area contributed by atoms with E-state index in [4.69, 9.17) is 22.1 Å². The molecule has 0 fully saturated rings. The third-order valence-electron chi connectivity index (χ3n) is 2.03. The molecule has 0 radical (unpaired) electrons. The number of halogens is 2. The summed E-state index contributed by atoms with van der Waals surface area (Å²) in [5.74, 6) is -0.294. The third kappa shape index (κ3) is 4.16. The molecular formula is C11H15ClFNO. The molecule has 15 heavy (non-hydrogen) atoms. The second-order valence-electron chi connectivity index (χ2n) is 3.36. The van der Waals surface area contributed by atoms with Gasteiger partial charge in [0.25, 0.3) is 0 Å². The molecule has 1 unspecified atom stereocenters. The van der Waals surface area contributed by atoms with Crippen LogP contribution in [-0.2, 0) is 11.2 Å². The van der Waals surface area contributed by atoms with Gasteiger partial charge in [-0.05, 0) is 37.1 Å². The van der Waals surface area contributed by atoms with Gasteiger partial charge in [-0.25, -0.2) is 4.39 Å². The summed E-state index contributed by atoms with van der Waals surface area (Å²) in [7, 11) is 0. The zero-order chi connectivity index (χ0) is 11.3. The van der Waals surface area contributed by atoms with Crippen LogP contribution in [0.2, 0.25) is 5.02 Å². The van der Waals surface area contributed by atoms with Gasteiger partial charge in [0, 0.05) is 17.7 Å². The highest BCUT2D eigenvalue weighted by Crippen LogP contribution is 2.18. The van der Waals surface area contributed by atoms with Gasteiger partial charge < -0.3 is 10.5 Å². The van der Waals surface area contributed by atoms with Crippen molar-refractivity contribution in [2.45, 2.75) is 19.4 Å². The van der Waals surface area contributed by atoms with Crippen LogP contribution in [0.15, 0.2) is 18.2 Å². The molecule has 1 rings (SSSR count). The Morgan fingerprint density at radius 2 is 2.27 bits per heavy atom. The van der Waals surface area contributed by atoms with Crippen LogP contribution in [0.3, 0.4) is 0 Å². The van der Waals surface area contributed by atoms with Crippen molar-refractivity contribution >= 4 is 11.6 Å². The molecule has 1 atom stereocenters. The van der Waals surface area contributed by atoms with E-state index in [1.165, 1.54) is 12.1 Å². The Balaban J connectivity index is 2.59. The highest BCUT2D eigenvalue weighted by Gasteiger charge is 2.08. The summed E-state index contributed by atoms with van der Waals surface area (Å²) in [5, 5.41) is 0.545. The molecule has 1 aromatic rings. The number of nitrogens with two attached hydrogens (primary N) is 1. The maximum absolute atomic E-state index is 12.9. The van der Waals surface area contributed by atoms with Gasteiger partial charge >= 0.3 is 0 Å². The maximum atomic E-state index is 12.9. The third-order valence-corrected chi connectivity index (χ3v) is 2.39. The first kappa shape index (κ1) is 12.4. The van der Waals surface area contributed by atoms with Gasteiger partial charge in [0.2, 0.25) is 0 Å². The van der Waals surface area contributed by atoms with E-state index in [-0.39, 0.29) is 11.9 Å². The molecule has 0 heterocycles. The predicted octanol–water partition coefficient (Wildman–Crippen LogP) is 2.39. The first-order valence-electron chi connectivity index (χ1n) is 4.90. The summed E-state index contributed by atoms with van der Waals surface area (Å²) in [6.07, 6.45) is 0.524. The molecule has 84 valence electrons. The van der Waals surface area contributed by atoms with Gasteiger partial charge in [0.15, 0.2) is 0 Å². The highest BCUT2D eigenvalue weighted by atomic mass is 35.5. The van der Waals surface area contributed by atoms with E-state index < -0.39 is 0 Å². The molecule has 0 saturated carbocycles. The van der Waals surface area contributed by atoms with Crippen molar-refractivity contribution in [3.8, 4) is 0 Å². The van der Waals surface area contributed by atoms with Gasteiger partial charge in [-0.2, -0.15) is 0 Å². The summed E-state index contributed by atoms with van der Waals surface area (Å²) in [6, 6.07) is 4.14. The topological polar surface area (TPSA) is 35.2 Å². The van der Waals surface area contributed by atoms with E-state index >= 15 is 0 Å². The normalized spacial score (nSPS) is 12.8. The fourth-order valence-corrected chi connectivity index (χ4v) is 1.51. The van der Waals surface area contributed by atoms with Crippen LogP contribution < -0.4 is 5.73 Å². The van der Waals surface area contributed by atoms with Crippen LogP contribution >= 0.6 is 11.6 Å². The maximum Gasteiger partial charge on any atom is 0.123 e. The molecule has 4 heteroatoms. The molecule has 0 saturated heterocycles. The van der Waals surface area contributed by atoms with Crippen molar-refractivity contribution in [2.75, 3.05) is 13.2 Å². The summed E-state index contributed by atoms with van der Waals surface area (Å²) < 4.78 is 18.1. The predicted molar refractivity (Wildman–Crippen MR) is 59.6 cm³/mol. The van der Waals surface area contributed by atoms with Crippen LogP contribution in [0.25, 0.3) is 0 Å². The SMILES string of the molecule is CCOCC(N)Cc1cc(F)ccc1Cl. The van der Waals surface area contributed by atoms with E-state index in [0.29, 0.717) is 24.7 Å². The molecule has 2 nitrogen and oxygen atoms in total. The van der Waals surface area contributed by atoms with Gasteiger partial charge in [-0.1, -0.05) is 11.6 Å². The zero-order valence-electron chi connectivity index (χ0n) is 8.67. The number of hydrogen-bond acceptors (Lipinski definition) is 2.